The summed E-state index contributed by atoms with van der Waals surface area (Å²) < 4.78 is 0. The fraction of sp³-hybridized carbons (Fsp3) is 0.250. The molecular weight excluding hydrogens is 224 g/mol. The molecule has 0 saturated heterocycles. The van der Waals surface area contributed by atoms with E-state index in [4.69, 9.17) is 5.11 Å². The Morgan fingerprint density at radius 3 is 1.89 bits per heavy atom. The minimum atomic E-state index is 0.0461. The molecule has 0 spiro atoms. The van der Waals surface area contributed by atoms with Crippen molar-refractivity contribution in [3.05, 3.63) is 59.7 Å². The maximum absolute atomic E-state index is 9.41. The second-order valence-electron chi connectivity index (χ2n) is 4.30. The molecule has 0 saturated carbocycles. The number of benzene rings is 2. The first-order chi connectivity index (χ1) is 8.86. The lowest BCUT2D eigenvalue weighted by atomic mass is 9.93. The van der Waals surface area contributed by atoms with Gasteiger partial charge in [0.1, 0.15) is 0 Å². The van der Waals surface area contributed by atoms with Crippen LogP contribution in [0.25, 0.3) is 11.1 Å². The van der Waals surface area contributed by atoms with Crippen LogP contribution in [0, 0.1) is 0 Å². The van der Waals surface area contributed by atoms with E-state index in [9.17, 15) is 5.11 Å². The monoisotopic (exact) mass is 242 g/mol. The molecule has 0 fully saturated rings. The second kappa shape index (κ2) is 6.34. The van der Waals surface area contributed by atoms with Crippen LogP contribution in [0.3, 0.4) is 0 Å². The van der Waals surface area contributed by atoms with Gasteiger partial charge in [-0.15, -0.1) is 0 Å². The highest BCUT2D eigenvalue weighted by Gasteiger charge is 2.07. The molecule has 2 aromatic rings. The maximum atomic E-state index is 9.41. The summed E-state index contributed by atoms with van der Waals surface area (Å²) in [7, 11) is 0. The molecule has 0 bridgehead atoms. The topological polar surface area (TPSA) is 40.5 Å². The largest absolute Gasteiger partial charge is 0.396 e. The molecule has 0 aliphatic carbocycles. The number of hydrogen-bond acceptors (Lipinski definition) is 2. The van der Waals surface area contributed by atoms with Crippen LogP contribution in [0.15, 0.2) is 48.5 Å². The van der Waals surface area contributed by atoms with Gasteiger partial charge in [0.2, 0.25) is 0 Å². The highest BCUT2D eigenvalue weighted by Crippen LogP contribution is 2.27. The highest BCUT2D eigenvalue weighted by atomic mass is 16.3. The quantitative estimate of drug-likeness (QED) is 0.846. The highest BCUT2D eigenvalue weighted by molar-refractivity contribution is 5.70. The number of hydrogen-bond donors (Lipinski definition) is 2. The van der Waals surface area contributed by atoms with Crippen molar-refractivity contribution in [1.82, 2.24) is 0 Å². The van der Waals surface area contributed by atoms with E-state index in [0.717, 1.165) is 29.5 Å². The average molecular weight is 242 g/mol. The van der Waals surface area contributed by atoms with Crippen molar-refractivity contribution < 1.29 is 10.2 Å². The Hall–Kier alpha value is -1.64. The number of aliphatic hydroxyl groups is 2. The first kappa shape index (κ1) is 12.8. The van der Waals surface area contributed by atoms with E-state index in [1.807, 2.05) is 36.4 Å². The van der Waals surface area contributed by atoms with Crippen LogP contribution in [0.5, 0.6) is 0 Å². The van der Waals surface area contributed by atoms with Crippen LogP contribution in [0.2, 0.25) is 0 Å². The van der Waals surface area contributed by atoms with Gasteiger partial charge < -0.3 is 10.2 Å². The zero-order chi connectivity index (χ0) is 12.8. The Labute approximate surface area is 108 Å². The molecule has 0 radical (unpaired) electrons. The van der Waals surface area contributed by atoms with Gasteiger partial charge in [-0.1, -0.05) is 48.5 Å². The third kappa shape index (κ3) is 2.78. The molecule has 0 heterocycles. The molecule has 2 aromatic carbocycles. The molecular formula is C16H18O2. The van der Waals surface area contributed by atoms with Crippen molar-refractivity contribution in [2.24, 2.45) is 0 Å². The van der Waals surface area contributed by atoms with Gasteiger partial charge >= 0.3 is 0 Å². The number of aliphatic hydroxyl groups excluding tert-OH is 2. The molecule has 0 aromatic heterocycles. The first-order valence-electron chi connectivity index (χ1n) is 6.24. The zero-order valence-electron chi connectivity index (χ0n) is 10.3. The van der Waals surface area contributed by atoms with E-state index in [2.05, 4.69) is 12.1 Å². The van der Waals surface area contributed by atoms with Crippen LogP contribution >= 0.6 is 0 Å². The Morgan fingerprint density at radius 2 is 1.28 bits per heavy atom. The maximum Gasteiger partial charge on any atom is 0.0687 e. The molecule has 0 aliphatic heterocycles. The summed E-state index contributed by atoms with van der Waals surface area (Å²) in [6.07, 6.45) is 1.62. The Kier molecular flexibility index (Phi) is 4.51. The smallest absolute Gasteiger partial charge is 0.0687 e. The fourth-order valence-electron chi connectivity index (χ4n) is 2.19. The number of rotatable bonds is 5. The predicted octanol–water partition coefficient (Wildman–Crippen LogP) is 2.77. The third-order valence-corrected chi connectivity index (χ3v) is 3.10. The molecule has 2 nitrogen and oxygen atoms in total. The molecule has 0 amide bonds. The van der Waals surface area contributed by atoms with Crippen molar-refractivity contribution in [3.63, 3.8) is 0 Å². The lowest BCUT2D eigenvalue weighted by Gasteiger charge is -2.12. The van der Waals surface area contributed by atoms with Gasteiger partial charge in [-0.2, -0.15) is 0 Å². The number of aryl methyl sites for hydroxylation is 1. The molecule has 94 valence electrons. The fourth-order valence-corrected chi connectivity index (χ4v) is 2.19. The van der Waals surface area contributed by atoms with Gasteiger partial charge in [-0.3, -0.25) is 0 Å². The van der Waals surface area contributed by atoms with Gasteiger partial charge in [0.05, 0.1) is 6.61 Å². The van der Waals surface area contributed by atoms with Gasteiger partial charge in [-0.25, -0.2) is 0 Å². The molecule has 2 N–H and O–H groups in total. The summed E-state index contributed by atoms with van der Waals surface area (Å²) >= 11 is 0. The second-order valence-corrected chi connectivity index (χ2v) is 4.30. The van der Waals surface area contributed by atoms with Crippen molar-refractivity contribution in [2.75, 3.05) is 6.61 Å². The Morgan fingerprint density at radius 1 is 0.722 bits per heavy atom. The third-order valence-electron chi connectivity index (χ3n) is 3.10. The predicted molar refractivity (Wildman–Crippen MR) is 73.2 cm³/mol. The molecule has 2 heteroatoms. The molecule has 0 unspecified atom stereocenters. The van der Waals surface area contributed by atoms with Gasteiger partial charge in [-0.05, 0) is 35.1 Å². The molecule has 18 heavy (non-hydrogen) atoms. The van der Waals surface area contributed by atoms with Gasteiger partial charge in [0.15, 0.2) is 0 Å². The van der Waals surface area contributed by atoms with Crippen LogP contribution in [-0.2, 0) is 13.0 Å². The summed E-state index contributed by atoms with van der Waals surface area (Å²) in [5, 5.41) is 18.4. The summed E-state index contributed by atoms with van der Waals surface area (Å²) in [6.45, 7) is 0.250. The molecule has 2 rings (SSSR count). The van der Waals surface area contributed by atoms with E-state index in [-0.39, 0.29) is 13.2 Å². The van der Waals surface area contributed by atoms with Crippen molar-refractivity contribution in [2.45, 2.75) is 19.4 Å². The van der Waals surface area contributed by atoms with Crippen LogP contribution < -0.4 is 0 Å². The van der Waals surface area contributed by atoms with E-state index in [1.54, 1.807) is 0 Å². The van der Waals surface area contributed by atoms with E-state index in [1.165, 1.54) is 5.56 Å². The minimum absolute atomic E-state index is 0.0461. The first-order valence-corrected chi connectivity index (χ1v) is 6.24. The summed E-state index contributed by atoms with van der Waals surface area (Å²) in [5.41, 5.74) is 4.38. The lowest BCUT2D eigenvalue weighted by Crippen LogP contribution is -1.95. The Balaban J connectivity index is 2.43. The molecule has 0 aliphatic rings. The van der Waals surface area contributed by atoms with Crippen molar-refractivity contribution >= 4 is 0 Å². The normalized spacial score (nSPS) is 10.6. The van der Waals surface area contributed by atoms with Crippen molar-refractivity contribution in [3.8, 4) is 11.1 Å². The van der Waals surface area contributed by atoms with E-state index in [0.29, 0.717) is 0 Å². The van der Waals surface area contributed by atoms with E-state index >= 15 is 0 Å². The summed E-state index contributed by atoms with van der Waals surface area (Å²) in [4.78, 5) is 0. The van der Waals surface area contributed by atoms with Crippen LogP contribution in [-0.4, -0.2) is 16.8 Å². The summed E-state index contributed by atoms with van der Waals surface area (Å²) in [6, 6.07) is 16.1. The standard InChI is InChI=1S/C16H18O2/c17-11-5-8-13-6-1-3-9-15(13)16-10-4-2-7-14(16)12-18/h1-4,6-7,9-10,17-18H,5,8,11-12H2. The van der Waals surface area contributed by atoms with Gasteiger partial charge in [0.25, 0.3) is 0 Å². The average Bonchev–Trinajstić information content (AvgIpc) is 2.45. The lowest BCUT2D eigenvalue weighted by molar-refractivity contribution is 0.282. The molecule has 0 atom stereocenters. The van der Waals surface area contributed by atoms with E-state index < -0.39 is 0 Å². The minimum Gasteiger partial charge on any atom is -0.396 e. The Bertz CT molecular complexity index is 506. The zero-order valence-corrected chi connectivity index (χ0v) is 10.3. The van der Waals surface area contributed by atoms with Gasteiger partial charge in [0, 0.05) is 6.61 Å². The SMILES string of the molecule is OCCCc1ccccc1-c1ccccc1CO. The van der Waals surface area contributed by atoms with Crippen molar-refractivity contribution in [1.29, 1.82) is 0 Å². The van der Waals surface area contributed by atoms with Crippen LogP contribution in [0.1, 0.15) is 17.5 Å². The summed E-state index contributed by atoms with van der Waals surface area (Å²) in [5.74, 6) is 0. The van der Waals surface area contributed by atoms with Crippen LogP contribution in [0.4, 0.5) is 0 Å².